The first-order valence-electron chi connectivity index (χ1n) is 6.19. The smallest absolute Gasteiger partial charge is 0.303 e. The summed E-state index contributed by atoms with van der Waals surface area (Å²) in [5.41, 5.74) is 1.29. The van der Waals surface area contributed by atoms with Crippen LogP contribution >= 0.6 is 0 Å². The lowest BCUT2D eigenvalue weighted by Crippen LogP contribution is -2.27. The first-order chi connectivity index (χ1) is 9.51. The molecule has 104 valence electrons. The number of nitriles is 1. The summed E-state index contributed by atoms with van der Waals surface area (Å²) in [4.78, 5) is 22.0. The summed E-state index contributed by atoms with van der Waals surface area (Å²) in [6.45, 7) is 2.07. The van der Waals surface area contributed by atoms with Crippen molar-refractivity contribution in [3.05, 3.63) is 41.5 Å². The average Bonchev–Trinajstić information content (AvgIpc) is 2.42. The lowest BCUT2D eigenvalue weighted by molar-refractivity contribution is -0.138. The zero-order valence-corrected chi connectivity index (χ0v) is 11.2. The number of rotatable bonds is 6. The predicted molar refractivity (Wildman–Crippen MR) is 74.6 cm³/mol. The van der Waals surface area contributed by atoms with E-state index >= 15 is 0 Å². The van der Waals surface area contributed by atoms with Gasteiger partial charge in [-0.15, -0.1) is 0 Å². The van der Waals surface area contributed by atoms with E-state index in [1.165, 1.54) is 6.08 Å². The summed E-state index contributed by atoms with van der Waals surface area (Å²) < 4.78 is 0. The molecule has 0 aliphatic rings. The van der Waals surface area contributed by atoms with Crippen LogP contribution in [0.3, 0.4) is 0 Å². The summed E-state index contributed by atoms with van der Waals surface area (Å²) in [5, 5.41) is 20.0. The fourth-order valence-electron chi connectivity index (χ4n) is 1.59. The molecule has 0 radical (unpaired) electrons. The summed E-state index contributed by atoms with van der Waals surface area (Å²) >= 11 is 0. The molecule has 5 nitrogen and oxygen atoms in total. The number of carbonyl (C=O) groups is 2. The van der Waals surface area contributed by atoms with Crippen LogP contribution in [0.15, 0.2) is 30.3 Å². The number of nitrogens with zero attached hydrogens (tertiary/aromatic N) is 1. The molecule has 1 amide bonds. The van der Waals surface area contributed by atoms with Gasteiger partial charge in [0.15, 0.2) is 0 Å². The van der Waals surface area contributed by atoms with Crippen molar-refractivity contribution in [1.29, 1.82) is 5.26 Å². The third-order valence-electron chi connectivity index (χ3n) is 2.59. The van der Waals surface area contributed by atoms with Gasteiger partial charge in [-0.05, 0) is 29.7 Å². The average molecular weight is 272 g/mol. The zero-order chi connectivity index (χ0) is 15.0. The maximum Gasteiger partial charge on any atom is 0.303 e. The van der Waals surface area contributed by atoms with Crippen molar-refractivity contribution in [2.75, 3.05) is 6.54 Å². The van der Waals surface area contributed by atoms with E-state index in [0.29, 0.717) is 12.1 Å². The molecule has 2 N–H and O–H groups in total. The highest BCUT2D eigenvalue weighted by Gasteiger charge is 2.07. The maximum atomic E-state index is 11.6. The Labute approximate surface area is 117 Å². The second-order valence-corrected chi connectivity index (χ2v) is 4.52. The van der Waals surface area contributed by atoms with Crippen molar-refractivity contribution in [3.8, 4) is 6.07 Å². The third-order valence-corrected chi connectivity index (χ3v) is 2.59. The van der Waals surface area contributed by atoms with E-state index in [9.17, 15) is 9.59 Å². The van der Waals surface area contributed by atoms with E-state index in [0.717, 1.165) is 5.56 Å². The van der Waals surface area contributed by atoms with E-state index in [4.69, 9.17) is 10.4 Å². The first kappa shape index (κ1) is 15.4. The number of carboxylic acid groups (broad SMARTS) is 1. The molecule has 0 saturated heterocycles. The predicted octanol–water partition coefficient (Wildman–Crippen LogP) is 1.80. The minimum Gasteiger partial charge on any atom is -0.481 e. The third kappa shape index (κ3) is 5.83. The molecule has 1 aromatic rings. The number of hydrogen-bond donors (Lipinski definition) is 2. The van der Waals surface area contributed by atoms with E-state index in [1.54, 1.807) is 37.3 Å². The molecule has 20 heavy (non-hydrogen) atoms. The summed E-state index contributed by atoms with van der Waals surface area (Å²) in [7, 11) is 0. The SMILES string of the molecule is CC(CNC(=O)/C=C/c1cccc(C#N)c1)CC(=O)O. The topological polar surface area (TPSA) is 90.2 Å². The number of benzene rings is 1. The molecule has 0 spiro atoms. The largest absolute Gasteiger partial charge is 0.481 e. The Balaban J connectivity index is 2.47. The summed E-state index contributed by atoms with van der Waals surface area (Å²) in [6, 6.07) is 8.92. The molecule has 0 fully saturated rings. The molecular weight excluding hydrogens is 256 g/mol. The Morgan fingerprint density at radius 2 is 2.25 bits per heavy atom. The monoisotopic (exact) mass is 272 g/mol. The van der Waals surface area contributed by atoms with Crippen molar-refractivity contribution in [2.45, 2.75) is 13.3 Å². The first-order valence-corrected chi connectivity index (χ1v) is 6.19. The molecule has 0 aliphatic heterocycles. The highest BCUT2D eigenvalue weighted by molar-refractivity contribution is 5.91. The van der Waals surface area contributed by atoms with E-state index in [-0.39, 0.29) is 18.2 Å². The standard InChI is InChI=1S/C15H16N2O3/c1-11(7-15(19)20)10-17-14(18)6-5-12-3-2-4-13(8-12)9-16/h2-6,8,11H,7,10H2,1H3,(H,17,18)(H,19,20)/b6-5+. The number of hydrogen-bond acceptors (Lipinski definition) is 3. The molecule has 1 unspecified atom stereocenters. The lowest BCUT2D eigenvalue weighted by Gasteiger charge is -2.08. The summed E-state index contributed by atoms with van der Waals surface area (Å²) in [5.74, 6) is -1.29. The van der Waals surface area contributed by atoms with Gasteiger partial charge in [0.25, 0.3) is 0 Å². The van der Waals surface area contributed by atoms with Crippen LogP contribution < -0.4 is 5.32 Å². The van der Waals surface area contributed by atoms with Crippen LogP contribution in [-0.2, 0) is 9.59 Å². The quantitative estimate of drug-likeness (QED) is 0.772. The van der Waals surface area contributed by atoms with E-state index in [2.05, 4.69) is 5.32 Å². The number of carboxylic acids is 1. The second kappa shape index (κ2) is 7.74. The fraction of sp³-hybridized carbons (Fsp3) is 0.267. The highest BCUT2D eigenvalue weighted by atomic mass is 16.4. The summed E-state index contributed by atoms with van der Waals surface area (Å²) in [6.07, 6.45) is 3.00. The van der Waals surface area contributed by atoms with Crippen molar-refractivity contribution < 1.29 is 14.7 Å². The van der Waals surface area contributed by atoms with E-state index in [1.807, 2.05) is 6.07 Å². The molecule has 0 saturated carbocycles. The molecule has 1 aromatic carbocycles. The molecule has 0 aromatic heterocycles. The van der Waals surface area contributed by atoms with Gasteiger partial charge in [0.2, 0.25) is 5.91 Å². The highest BCUT2D eigenvalue weighted by Crippen LogP contribution is 2.06. The maximum absolute atomic E-state index is 11.6. The number of carbonyl (C=O) groups excluding carboxylic acids is 1. The molecule has 0 heterocycles. The second-order valence-electron chi connectivity index (χ2n) is 4.52. The van der Waals surface area contributed by atoms with Crippen LogP contribution in [0.25, 0.3) is 6.08 Å². The number of amides is 1. The minimum absolute atomic E-state index is 0.0220. The van der Waals surface area contributed by atoms with Crippen molar-refractivity contribution in [3.63, 3.8) is 0 Å². The fourth-order valence-corrected chi connectivity index (χ4v) is 1.59. The van der Waals surface area contributed by atoms with Gasteiger partial charge in [-0.25, -0.2) is 0 Å². The Hall–Kier alpha value is -2.61. The Bertz CT molecular complexity index is 558. The van der Waals surface area contributed by atoms with E-state index < -0.39 is 5.97 Å². The number of nitrogens with one attached hydrogen (secondary N) is 1. The molecule has 1 atom stereocenters. The zero-order valence-electron chi connectivity index (χ0n) is 11.2. The van der Waals surface area contributed by atoms with Gasteiger partial charge in [-0.2, -0.15) is 5.26 Å². The van der Waals surface area contributed by atoms with Crippen LogP contribution in [0, 0.1) is 17.2 Å². The van der Waals surface area contributed by atoms with Crippen LogP contribution in [0.2, 0.25) is 0 Å². The van der Waals surface area contributed by atoms with Crippen LogP contribution in [0.5, 0.6) is 0 Å². The molecule has 0 bridgehead atoms. The lowest BCUT2D eigenvalue weighted by atomic mass is 10.1. The molecule has 1 rings (SSSR count). The molecule has 5 heteroatoms. The van der Waals surface area contributed by atoms with Crippen molar-refractivity contribution in [1.82, 2.24) is 5.32 Å². The van der Waals surface area contributed by atoms with Gasteiger partial charge in [0, 0.05) is 19.0 Å². The molecule has 0 aliphatic carbocycles. The van der Waals surface area contributed by atoms with Crippen molar-refractivity contribution >= 4 is 18.0 Å². The van der Waals surface area contributed by atoms with Gasteiger partial charge in [0.05, 0.1) is 11.6 Å². The van der Waals surface area contributed by atoms with Gasteiger partial charge in [-0.1, -0.05) is 19.1 Å². The Kier molecular flexibility index (Phi) is 5.98. The normalized spacial score (nSPS) is 11.8. The Morgan fingerprint density at radius 3 is 2.90 bits per heavy atom. The van der Waals surface area contributed by atoms with Gasteiger partial charge in [0.1, 0.15) is 0 Å². The van der Waals surface area contributed by atoms with Crippen LogP contribution in [0.4, 0.5) is 0 Å². The molecular formula is C15H16N2O3. The van der Waals surface area contributed by atoms with Gasteiger partial charge in [-0.3, -0.25) is 9.59 Å². The minimum atomic E-state index is -0.879. The van der Waals surface area contributed by atoms with Crippen molar-refractivity contribution in [2.24, 2.45) is 5.92 Å². The van der Waals surface area contributed by atoms with Gasteiger partial charge < -0.3 is 10.4 Å². The van der Waals surface area contributed by atoms with Crippen LogP contribution in [-0.4, -0.2) is 23.5 Å². The Morgan fingerprint density at radius 1 is 1.50 bits per heavy atom. The van der Waals surface area contributed by atoms with Crippen LogP contribution in [0.1, 0.15) is 24.5 Å². The number of aliphatic carboxylic acids is 1. The van der Waals surface area contributed by atoms with Gasteiger partial charge >= 0.3 is 5.97 Å².